The Morgan fingerprint density at radius 3 is 2.61 bits per heavy atom. The molecule has 3 nitrogen and oxygen atoms in total. The number of hydrogen-bond donors (Lipinski definition) is 1. The highest BCUT2D eigenvalue weighted by Gasteiger charge is 2.19. The Kier molecular flexibility index (Phi) is 4.05. The van der Waals surface area contributed by atoms with Gasteiger partial charge in [-0.1, -0.05) is 25.1 Å². The molecule has 0 saturated carbocycles. The number of rotatable bonds is 5. The van der Waals surface area contributed by atoms with Gasteiger partial charge in [0.25, 0.3) is 0 Å². The zero-order valence-corrected chi connectivity index (χ0v) is 11.1. The molecule has 3 heteroatoms. The molecule has 1 heterocycles. The number of methoxy groups -OCH3 is 1. The third-order valence-corrected chi connectivity index (χ3v) is 3.05. The van der Waals surface area contributed by atoms with Crippen molar-refractivity contribution in [2.75, 3.05) is 14.2 Å². The van der Waals surface area contributed by atoms with E-state index in [1.165, 1.54) is 0 Å². The summed E-state index contributed by atoms with van der Waals surface area (Å²) in [6.07, 6.45) is 0.905. The number of nitrogens with one attached hydrogen (secondary N) is 1. The van der Waals surface area contributed by atoms with Gasteiger partial charge in [-0.15, -0.1) is 0 Å². The SMILES string of the molecule is CCc1ccc(C(NC)c2ccccc2OC)o1. The van der Waals surface area contributed by atoms with Gasteiger partial charge in [-0.2, -0.15) is 0 Å². The first kappa shape index (κ1) is 12.7. The van der Waals surface area contributed by atoms with Crippen LogP contribution in [0.15, 0.2) is 40.8 Å². The van der Waals surface area contributed by atoms with E-state index in [9.17, 15) is 0 Å². The minimum atomic E-state index is 0.0152. The molecule has 2 aromatic rings. The molecule has 0 aliphatic heterocycles. The van der Waals surface area contributed by atoms with E-state index in [1.54, 1.807) is 7.11 Å². The standard InChI is InChI=1S/C15H19NO2/c1-4-11-9-10-14(18-11)15(16-2)12-7-5-6-8-13(12)17-3/h5-10,15-16H,4H2,1-3H3. The third-order valence-electron chi connectivity index (χ3n) is 3.05. The highest BCUT2D eigenvalue weighted by molar-refractivity contribution is 5.39. The van der Waals surface area contributed by atoms with E-state index >= 15 is 0 Å². The Labute approximate surface area is 108 Å². The predicted molar refractivity (Wildman–Crippen MR) is 72.0 cm³/mol. The second kappa shape index (κ2) is 5.74. The average molecular weight is 245 g/mol. The average Bonchev–Trinajstić information content (AvgIpc) is 2.89. The van der Waals surface area contributed by atoms with Gasteiger partial charge in [0.1, 0.15) is 17.3 Å². The van der Waals surface area contributed by atoms with Crippen molar-refractivity contribution in [1.29, 1.82) is 0 Å². The highest BCUT2D eigenvalue weighted by Crippen LogP contribution is 2.30. The quantitative estimate of drug-likeness (QED) is 0.878. The van der Waals surface area contributed by atoms with Crippen LogP contribution in [-0.2, 0) is 6.42 Å². The second-order valence-electron chi connectivity index (χ2n) is 4.12. The molecule has 0 fully saturated rings. The Bertz CT molecular complexity index is 505. The maximum atomic E-state index is 5.82. The summed E-state index contributed by atoms with van der Waals surface area (Å²) in [5.74, 6) is 2.78. The van der Waals surface area contributed by atoms with E-state index in [4.69, 9.17) is 9.15 Å². The van der Waals surface area contributed by atoms with Crippen LogP contribution in [0.2, 0.25) is 0 Å². The minimum Gasteiger partial charge on any atom is -0.496 e. The fraction of sp³-hybridized carbons (Fsp3) is 0.333. The maximum absolute atomic E-state index is 5.82. The summed E-state index contributed by atoms with van der Waals surface area (Å²) < 4.78 is 11.2. The van der Waals surface area contributed by atoms with E-state index in [2.05, 4.69) is 12.2 Å². The molecule has 1 aromatic carbocycles. The zero-order valence-electron chi connectivity index (χ0n) is 11.1. The van der Waals surface area contributed by atoms with Crippen molar-refractivity contribution in [1.82, 2.24) is 5.32 Å². The van der Waals surface area contributed by atoms with Crippen LogP contribution in [-0.4, -0.2) is 14.2 Å². The van der Waals surface area contributed by atoms with Crippen LogP contribution in [0.25, 0.3) is 0 Å². The van der Waals surface area contributed by atoms with Crippen molar-refractivity contribution in [2.45, 2.75) is 19.4 Å². The Balaban J connectivity index is 2.38. The summed E-state index contributed by atoms with van der Waals surface area (Å²) in [4.78, 5) is 0. The molecule has 2 rings (SSSR count). The normalized spacial score (nSPS) is 12.4. The lowest BCUT2D eigenvalue weighted by atomic mass is 10.0. The van der Waals surface area contributed by atoms with Gasteiger partial charge in [0.05, 0.1) is 13.2 Å². The molecule has 96 valence electrons. The van der Waals surface area contributed by atoms with Crippen molar-refractivity contribution >= 4 is 0 Å². The molecule has 18 heavy (non-hydrogen) atoms. The van der Waals surface area contributed by atoms with Crippen LogP contribution >= 0.6 is 0 Å². The topological polar surface area (TPSA) is 34.4 Å². The van der Waals surface area contributed by atoms with Gasteiger partial charge >= 0.3 is 0 Å². The molecule has 0 aliphatic carbocycles. The van der Waals surface area contributed by atoms with Crippen molar-refractivity contribution < 1.29 is 9.15 Å². The largest absolute Gasteiger partial charge is 0.496 e. The molecule has 1 aromatic heterocycles. The van der Waals surface area contributed by atoms with Gasteiger partial charge in [-0.25, -0.2) is 0 Å². The van der Waals surface area contributed by atoms with Gasteiger partial charge in [-0.05, 0) is 25.2 Å². The number of para-hydroxylation sites is 1. The summed E-state index contributed by atoms with van der Waals surface area (Å²) >= 11 is 0. The minimum absolute atomic E-state index is 0.0152. The molecule has 0 spiro atoms. The smallest absolute Gasteiger partial charge is 0.125 e. The summed E-state index contributed by atoms with van der Waals surface area (Å²) in [5.41, 5.74) is 1.08. The molecule has 0 amide bonds. The fourth-order valence-corrected chi connectivity index (χ4v) is 2.10. The summed E-state index contributed by atoms with van der Waals surface area (Å²) in [6.45, 7) is 2.08. The number of benzene rings is 1. The van der Waals surface area contributed by atoms with Gasteiger partial charge < -0.3 is 14.5 Å². The highest BCUT2D eigenvalue weighted by atomic mass is 16.5. The Morgan fingerprint density at radius 1 is 1.22 bits per heavy atom. The molecule has 0 saturated heterocycles. The maximum Gasteiger partial charge on any atom is 0.125 e. The predicted octanol–water partition coefficient (Wildman–Crippen LogP) is 3.16. The van der Waals surface area contributed by atoms with Crippen LogP contribution in [0.4, 0.5) is 0 Å². The van der Waals surface area contributed by atoms with Crippen molar-refractivity contribution in [2.24, 2.45) is 0 Å². The van der Waals surface area contributed by atoms with Crippen molar-refractivity contribution in [3.05, 3.63) is 53.5 Å². The van der Waals surface area contributed by atoms with Crippen LogP contribution < -0.4 is 10.1 Å². The molecular formula is C15H19NO2. The number of ether oxygens (including phenoxy) is 1. The second-order valence-corrected chi connectivity index (χ2v) is 4.12. The Hall–Kier alpha value is -1.74. The number of hydrogen-bond acceptors (Lipinski definition) is 3. The molecular weight excluding hydrogens is 226 g/mol. The third kappa shape index (κ3) is 2.41. The lowest BCUT2D eigenvalue weighted by Gasteiger charge is -2.17. The molecule has 0 bridgehead atoms. The summed E-state index contributed by atoms with van der Waals surface area (Å²) in [5, 5.41) is 3.27. The number of aryl methyl sites for hydroxylation is 1. The van der Waals surface area contributed by atoms with Crippen molar-refractivity contribution in [3.8, 4) is 5.75 Å². The fourth-order valence-electron chi connectivity index (χ4n) is 2.10. The van der Waals surface area contributed by atoms with Gasteiger partial charge in [0, 0.05) is 12.0 Å². The summed E-state index contributed by atoms with van der Waals surface area (Å²) in [7, 11) is 3.61. The van der Waals surface area contributed by atoms with E-state index < -0.39 is 0 Å². The van der Waals surface area contributed by atoms with Crippen LogP contribution in [0.1, 0.15) is 30.0 Å². The molecule has 0 radical (unpaired) electrons. The zero-order chi connectivity index (χ0) is 13.0. The van der Waals surface area contributed by atoms with Crippen LogP contribution in [0.5, 0.6) is 5.75 Å². The van der Waals surface area contributed by atoms with E-state index in [1.807, 2.05) is 43.4 Å². The number of furan rings is 1. The molecule has 1 unspecified atom stereocenters. The van der Waals surface area contributed by atoms with E-state index in [0.717, 1.165) is 29.3 Å². The Morgan fingerprint density at radius 2 is 2.00 bits per heavy atom. The van der Waals surface area contributed by atoms with E-state index in [-0.39, 0.29) is 6.04 Å². The van der Waals surface area contributed by atoms with Gasteiger partial charge in [0.2, 0.25) is 0 Å². The van der Waals surface area contributed by atoms with E-state index in [0.29, 0.717) is 0 Å². The van der Waals surface area contributed by atoms with Gasteiger partial charge in [0.15, 0.2) is 0 Å². The lowest BCUT2D eigenvalue weighted by molar-refractivity contribution is 0.392. The van der Waals surface area contributed by atoms with Crippen LogP contribution in [0, 0.1) is 0 Å². The molecule has 0 aliphatic rings. The first-order valence-electron chi connectivity index (χ1n) is 6.19. The lowest BCUT2D eigenvalue weighted by Crippen LogP contribution is -2.17. The first-order chi connectivity index (χ1) is 8.80. The van der Waals surface area contributed by atoms with Crippen LogP contribution in [0.3, 0.4) is 0 Å². The first-order valence-corrected chi connectivity index (χ1v) is 6.19. The monoisotopic (exact) mass is 245 g/mol. The molecule has 1 atom stereocenters. The summed E-state index contributed by atoms with van der Waals surface area (Å²) in [6, 6.07) is 12.0. The molecule has 1 N–H and O–H groups in total. The van der Waals surface area contributed by atoms with Gasteiger partial charge in [-0.3, -0.25) is 0 Å². The van der Waals surface area contributed by atoms with Crippen molar-refractivity contribution in [3.63, 3.8) is 0 Å².